The molecular weight excluding hydrogens is 479 g/mol. The van der Waals surface area contributed by atoms with Crippen LogP contribution in [0.15, 0.2) is 28.5 Å². The van der Waals surface area contributed by atoms with Gasteiger partial charge in [-0.15, -0.1) is 0 Å². The zero-order valence-corrected chi connectivity index (χ0v) is 17.7. The molecule has 0 saturated heterocycles. The molecule has 0 amide bonds. The molecule has 2 aromatic heterocycles. The normalized spacial score (nSPS) is 12.8. The van der Waals surface area contributed by atoms with Crippen LogP contribution in [0.25, 0.3) is 11.2 Å². The van der Waals surface area contributed by atoms with Gasteiger partial charge in [0.05, 0.1) is 0 Å². The third-order valence-electron chi connectivity index (χ3n) is 4.14. The van der Waals surface area contributed by atoms with Gasteiger partial charge in [0.1, 0.15) is 6.33 Å². The first-order valence-electron chi connectivity index (χ1n) is 8.61. The van der Waals surface area contributed by atoms with Crippen LogP contribution in [0.2, 0.25) is 0 Å². The highest BCUT2D eigenvalue weighted by atomic mass is 127. The predicted octanol–water partition coefficient (Wildman–Crippen LogP) is 2.89. The number of nitrogens with two attached hydrogens (primary N) is 1. The van der Waals surface area contributed by atoms with Gasteiger partial charge in [0.2, 0.25) is 6.79 Å². The number of halogens is 1. The summed E-state index contributed by atoms with van der Waals surface area (Å²) in [5, 5.41) is 4.19. The molecule has 0 fully saturated rings. The van der Waals surface area contributed by atoms with E-state index in [0.29, 0.717) is 11.3 Å². The maximum Gasteiger partial charge on any atom is 0.231 e. The number of nitrogens with one attached hydrogen (secondary N) is 1. The van der Waals surface area contributed by atoms with E-state index in [0.717, 1.165) is 56.8 Å². The van der Waals surface area contributed by atoms with Crippen molar-refractivity contribution in [2.75, 3.05) is 25.6 Å². The van der Waals surface area contributed by atoms with E-state index in [1.165, 1.54) is 6.33 Å². The summed E-state index contributed by atoms with van der Waals surface area (Å²) in [6, 6.07) is 3.98. The van der Waals surface area contributed by atoms with Crippen LogP contribution in [0, 0.1) is 3.57 Å². The molecule has 0 aliphatic carbocycles. The SMILES string of the molecule is CCNCCCn1c(Sc2cc3c(cc2I)OCO3)nc2c(N)ncnc21. The van der Waals surface area contributed by atoms with E-state index in [4.69, 9.17) is 20.2 Å². The van der Waals surface area contributed by atoms with Crippen molar-refractivity contribution in [3.63, 3.8) is 0 Å². The Morgan fingerprint density at radius 2 is 2.11 bits per heavy atom. The van der Waals surface area contributed by atoms with Gasteiger partial charge in [-0.2, -0.15) is 0 Å². The minimum absolute atomic E-state index is 0.259. The summed E-state index contributed by atoms with van der Waals surface area (Å²) in [7, 11) is 0. The lowest BCUT2D eigenvalue weighted by Gasteiger charge is -2.10. The van der Waals surface area contributed by atoms with Gasteiger partial charge in [-0.1, -0.05) is 18.7 Å². The van der Waals surface area contributed by atoms with Crippen molar-refractivity contribution in [1.29, 1.82) is 0 Å². The lowest BCUT2D eigenvalue weighted by atomic mass is 10.3. The summed E-state index contributed by atoms with van der Waals surface area (Å²) < 4.78 is 14.1. The monoisotopic (exact) mass is 498 g/mol. The van der Waals surface area contributed by atoms with Crippen LogP contribution >= 0.6 is 34.4 Å². The van der Waals surface area contributed by atoms with Gasteiger partial charge in [0.25, 0.3) is 0 Å². The van der Waals surface area contributed by atoms with Crippen molar-refractivity contribution in [2.45, 2.75) is 29.9 Å². The van der Waals surface area contributed by atoms with Crippen LogP contribution in [0.3, 0.4) is 0 Å². The Morgan fingerprint density at radius 3 is 2.93 bits per heavy atom. The average molecular weight is 498 g/mol. The summed E-state index contributed by atoms with van der Waals surface area (Å²) in [6.07, 6.45) is 2.45. The van der Waals surface area contributed by atoms with E-state index in [1.54, 1.807) is 11.8 Å². The Hall–Kier alpha value is -1.79. The minimum atomic E-state index is 0.259. The van der Waals surface area contributed by atoms with Gasteiger partial charge >= 0.3 is 0 Å². The molecule has 8 nitrogen and oxygen atoms in total. The molecule has 1 aliphatic rings. The average Bonchev–Trinajstić information content (AvgIpc) is 3.24. The summed E-state index contributed by atoms with van der Waals surface area (Å²) in [4.78, 5) is 14.3. The fourth-order valence-corrected chi connectivity index (χ4v) is 4.54. The molecule has 10 heteroatoms. The molecule has 27 heavy (non-hydrogen) atoms. The molecule has 0 radical (unpaired) electrons. The number of rotatable bonds is 7. The molecule has 1 aromatic carbocycles. The maximum atomic E-state index is 6.03. The molecule has 4 rings (SSSR count). The predicted molar refractivity (Wildman–Crippen MR) is 112 cm³/mol. The number of aromatic nitrogens is 4. The van der Waals surface area contributed by atoms with Crippen molar-refractivity contribution in [1.82, 2.24) is 24.8 Å². The van der Waals surface area contributed by atoms with E-state index in [-0.39, 0.29) is 6.79 Å². The van der Waals surface area contributed by atoms with Crippen LogP contribution < -0.4 is 20.5 Å². The number of nitrogen functional groups attached to an aromatic ring is 1. The largest absolute Gasteiger partial charge is 0.454 e. The summed E-state index contributed by atoms with van der Waals surface area (Å²) >= 11 is 3.87. The Bertz CT molecular complexity index is 980. The number of benzene rings is 1. The lowest BCUT2D eigenvalue weighted by Crippen LogP contribution is -2.16. The van der Waals surface area contributed by atoms with Crippen molar-refractivity contribution in [3.8, 4) is 11.5 Å². The number of aryl methyl sites for hydroxylation is 1. The topological polar surface area (TPSA) is 100 Å². The number of hydrogen-bond acceptors (Lipinski definition) is 8. The van der Waals surface area contributed by atoms with Crippen LogP contribution in [-0.2, 0) is 6.54 Å². The second-order valence-electron chi connectivity index (χ2n) is 5.92. The van der Waals surface area contributed by atoms with E-state index in [2.05, 4.69) is 49.4 Å². The minimum Gasteiger partial charge on any atom is -0.454 e. The van der Waals surface area contributed by atoms with E-state index < -0.39 is 0 Å². The molecule has 3 heterocycles. The Morgan fingerprint density at radius 1 is 1.30 bits per heavy atom. The first-order chi connectivity index (χ1) is 13.2. The molecule has 0 spiro atoms. The van der Waals surface area contributed by atoms with Crippen LogP contribution in [-0.4, -0.2) is 39.4 Å². The number of ether oxygens (including phenoxy) is 2. The highest BCUT2D eigenvalue weighted by Crippen LogP contribution is 2.41. The highest BCUT2D eigenvalue weighted by Gasteiger charge is 2.20. The Labute approximate surface area is 174 Å². The number of nitrogens with zero attached hydrogens (tertiary/aromatic N) is 4. The summed E-state index contributed by atoms with van der Waals surface area (Å²) in [5.41, 5.74) is 7.42. The zero-order chi connectivity index (χ0) is 18.8. The Balaban J connectivity index is 1.69. The molecule has 0 atom stereocenters. The molecule has 3 aromatic rings. The molecule has 0 saturated carbocycles. The van der Waals surface area contributed by atoms with Crippen LogP contribution in [0.1, 0.15) is 13.3 Å². The van der Waals surface area contributed by atoms with Gasteiger partial charge in [0, 0.05) is 15.0 Å². The standard InChI is InChI=1S/C17H19IN6O2S/c1-2-20-4-3-5-24-16-14(15(19)21-8-22-16)23-17(24)27-13-7-12-11(6-10(13)18)25-9-26-12/h6-8,20H,2-5,9H2,1H3,(H2,19,21,22). The molecule has 0 bridgehead atoms. The van der Waals surface area contributed by atoms with Crippen molar-refractivity contribution < 1.29 is 9.47 Å². The molecule has 3 N–H and O–H groups in total. The van der Waals surface area contributed by atoms with Crippen LogP contribution in [0.4, 0.5) is 5.82 Å². The molecule has 0 unspecified atom stereocenters. The van der Waals surface area contributed by atoms with Crippen LogP contribution in [0.5, 0.6) is 11.5 Å². The van der Waals surface area contributed by atoms with Crippen molar-refractivity contribution >= 4 is 51.3 Å². The number of imidazole rings is 1. The first-order valence-corrected chi connectivity index (χ1v) is 10.5. The zero-order valence-electron chi connectivity index (χ0n) is 14.7. The van der Waals surface area contributed by atoms with Gasteiger partial charge in [0.15, 0.2) is 33.6 Å². The number of anilines is 1. The highest BCUT2D eigenvalue weighted by molar-refractivity contribution is 14.1. The molecular formula is C17H19IN6O2S. The third-order valence-corrected chi connectivity index (χ3v) is 6.45. The van der Waals surface area contributed by atoms with Gasteiger partial charge in [-0.3, -0.25) is 0 Å². The first kappa shape index (κ1) is 18.6. The second-order valence-corrected chi connectivity index (χ2v) is 8.09. The molecule has 1 aliphatic heterocycles. The summed E-state index contributed by atoms with van der Waals surface area (Å²) in [5.74, 6) is 1.93. The summed E-state index contributed by atoms with van der Waals surface area (Å²) in [6.45, 7) is 5.04. The van der Waals surface area contributed by atoms with Crippen molar-refractivity contribution in [3.05, 3.63) is 22.0 Å². The van der Waals surface area contributed by atoms with Gasteiger partial charge < -0.3 is 25.1 Å². The van der Waals surface area contributed by atoms with Crippen molar-refractivity contribution in [2.24, 2.45) is 0 Å². The van der Waals surface area contributed by atoms with Gasteiger partial charge in [-0.05, 0) is 54.2 Å². The fourth-order valence-electron chi connectivity index (χ4n) is 2.83. The Kier molecular flexibility index (Phi) is 5.55. The molecule has 142 valence electrons. The van der Waals surface area contributed by atoms with E-state index in [1.807, 2.05) is 12.1 Å². The smallest absolute Gasteiger partial charge is 0.231 e. The maximum absolute atomic E-state index is 6.03. The number of fused-ring (bicyclic) bond motifs is 2. The number of hydrogen-bond donors (Lipinski definition) is 2. The third kappa shape index (κ3) is 3.78. The lowest BCUT2D eigenvalue weighted by molar-refractivity contribution is 0.174. The second kappa shape index (κ2) is 8.07. The van der Waals surface area contributed by atoms with Gasteiger partial charge in [-0.25, -0.2) is 15.0 Å². The van der Waals surface area contributed by atoms with E-state index in [9.17, 15) is 0 Å². The van der Waals surface area contributed by atoms with E-state index >= 15 is 0 Å². The quantitative estimate of drug-likeness (QED) is 0.379. The fraction of sp³-hybridized carbons (Fsp3) is 0.353.